The molecule has 1 heterocycles. The van der Waals surface area contributed by atoms with Crippen molar-refractivity contribution in [3.8, 4) is 0 Å². The fourth-order valence-corrected chi connectivity index (χ4v) is 3.84. The molecule has 1 aromatic rings. The second-order valence-corrected chi connectivity index (χ2v) is 7.99. The van der Waals surface area contributed by atoms with Crippen molar-refractivity contribution in [3.05, 3.63) is 28.2 Å². The van der Waals surface area contributed by atoms with Gasteiger partial charge in [-0.25, -0.2) is 9.69 Å². The molecular formula is C17H20BrNO3. The summed E-state index contributed by atoms with van der Waals surface area (Å²) in [6.07, 6.45) is 3.05. The Morgan fingerprint density at radius 1 is 1.27 bits per heavy atom. The molecule has 3 rings (SSSR count). The molecule has 1 aliphatic carbocycles. The van der Waals surface area contributed by atoms with Crippen molar-refractivity contribution < 1.29 is 14.3 Å². The van der Waals surface area contributed by atoms with E-state index >= 15 is 0 Å². The molecule has 2 aliphatic rings. The third-order valence-electron chi connectivity index (χ3n) is 4.36. The summed E-state index contributed by atoms with van der Waals surface area (Å²) < 4.78 is 6.36. The monoisotopic (exact) mass is 365 g/mol. The zero-order valence-corrected chi connectivity index (χ0v) is 14.7. The van der Waals surface area contributed by atoms with Crippen LogP contribution in [0.5, 0.6) is 0 Å². The van der Waals surface area contributed by atoms with Gasteiger partial charge in [-0.2, -0.15) is 0 Å². The number of imide groups is 1. The van der Waals surface area contributed by atoms with Gasteiger partial charge in [0.1, 0.15) is 5.60 Å². The lowest BCUT2D eigenvalue weighted by molar-refractivity contribution is -0.122. The van der Waals surface area contributed by atoms with Crippen molar-refractivity contribution in [2.75, 3.05) is 4.90 Å². The van der Waals surface area contributed by atoms with Crippen LogP contribution in [0.1, 0.15) is 52.0 Å². The number of halogens is 1. The summed E-state index contributed by atoms with van der Waals surface area (Å²) in [6.45, 7) is 5.41. The van der Waals surface area contributed by atoms with Crippen LogP contribution in [-0.4, -0.2) is 17.6 Å². The SMILES string of the molecule is CC(C)(C)OC(=O)N1C(=O)C2(CCCC2)c2cc(Br)ccc21. The van der Waals surface area contributed by atoms with Crippen molar-refractivity contribution in [2.24, 2.45) is 0 Å². The first-order valence-corrected chi connectivity index (χ1v) is 8.41. The molecular weight excluding hydrogens is 346 g/mol. The zero-order valence-electron chi connectivity index (χ0n) is 13.1. The number of carbonyl (C=O) groups excluding carboxylic acids is 2. The molecule has 118 valence electrons. The molecule has 2 amide bonds. The van der Waals surface area contributed by atoms with Gasteiger partial charge in [-0.3, -0.25) is 4.79 Å². The molecule has 0 saturated heterocycles. The van der Waals surface area contributed by atoms with Gasteiger partial charge in [0, 0.05) is 4.47 Å². The molecule has 0 radical (unpaired) electrons. The van der Waals surface area contributed by atoms with E-state index in [0.717, 1.165) is 35.7 Å². The van der Waals surface area contributed by atoms with E-state index in [1.807, 2.05) is 18.2 Å². The average molecular weight is 366 g/mol. The van der Waals surface area contributed by atoms with E-state index in [0.29, 0.717) is 5.69 Å². The van der Waals surface area contributed by atoms with Gasteiger partial charge in [0.05, 0.1) is 11.1 Å². The third kappa shape index (κ3) is 2.35. The standard InChI is InChI=1S/C17H20BrNO3/c1-16(2,3)22-15(21)19-13-7-6-11(18)10-12(13)17(14(19)20)8-4-5-9-17/h6-7,10H,4-5,8-9H2,1-3H3. The zero-order chi connectivity index (χ0) is 16.1. The van der Waals surface area contributed by atoms with Crippen LogP contribution in [0.15, 0.2) is 22.7 Å². The van der Waals surface area contributed by atoms with Gasteiger partial charge >= 0.3 is 6.09 Å². The fourth-order valence-electron chi connectivity index (χ4n) is 3.48. The van der Waals surface area contributed by atoms with Gasteiger partial charge < -0.3 is 4.74 Å². The quantitative estimate of drug-likeness (QED) is 0.677. The number of ether oxygens (including phenoxy) is 1. The van der Waals surface area contributed by atoms with Crippen LogP contribution < -0.4 is 4.90 Å². The van der Waals surface area contributed by atoms with Crippen LogP contribution >= 0.6 is 15.9 Å². The molecule has 5 heteroatoms. The number of nitrogens with zero attached hydrogens (tertiary/aromatic N) is 1. The minimum absolute atomic E-state index is 0.132. The summed E-state index contributed by atoms with van der Waals surface area (Å²) in [5.41, 5.74) is 0.452. The van der Waals surface area contributed by atoms with E-state index in [9.17, 15) is 9.59 Å². The molecule has 0 unspecified atom stereocenters. The normalized spacial score (nSPS) is 19.6. The van der Waals surface area contributed by atoms with E-state index in [4.69, 9.17) is 4.74 Å². The largest absolute Gasteiger partial charge is 0.443 e. The molecule has 1 spiro atoms. The highest BCUT2D eigenvalue weighted by Crippen LogP contribution is 2.52. The van der Waals surface area contributed by atoms with Gasteiger partial charge in [0.15, 0.2) is 0 Å². The molecule has 0 aromatic heterocycles. The van der Waals surface area contributed by atoms with E-state index in [1.54, 1.807) is 20.8 Å². The van der Waals surface area contributed by atoms with Crippen molar-refractivity contribution in [1.29, 1.82) is 0 Å². The number of fused-ring (bicyclic) bond motifs is 2. The molecule has 4 nitrogen and oxygen atoms in total. The Hall–Kier alpha value is -1.36. The fraction of sp³-hybridized carbons (Fsp3) is 0.529. The van der Waals surface area contributed by atoms with Crippen LogP contribution in [0.2, 0.25) is 0 Å². The lowest BCUT2D eigenvalue weighted by Gasteiger charge is -2.25. The highest BCUT2D eigenvalue weighted by molar-refractivity contribution is 9.10. The maximum atomic E-state index is 13.0. The predicted molar refractivity (Wildman–Crippen MR) is 88.0 cm³/mol. The molecule has 1 aliphatic heterocycles. The third-order valence-corrected chi connectivity index (χ3v) is 4.85. The van der Waals surface area contributed by atoms with E-state index in [1.165, 1.54) is 4.90 Å². The first-order valence-electron chi connectivity index (χ1n) is 7.62. The average Bonchev–Trinajstić information content (AvgIpc) is 2.96. The number of rotatable bonds is 0. The molecule has 0 atom stereocenters. The summed E-state index contributed by atoms with van der Waals surface area (Å²) in [6, 6.07) is 5.66. The maximum Gasteiger partial charge on any atom is 0.421 e. The number of carbonyl (C=O) groups is 2. The number of hydrogen-bond acceptors (Lipinski definition) is 3. The predicted octanol–water partition coefficient (Wildman–Crippen LogP) is 4.54. The summed E-state index contributed by atoms with van der Waals surface area (Å²) in [5, 5.41) is 0. The smallest absolute Gasteiger partial charge is 0.421 e. The lowest BCUT2D eigenvalue weighted by Crippen LogP contribution is -2.44. The number of amides is 2. The van der Waals surface area contributed by atoms with Gasteiger partial charge in [-0.15, -0.1) is 0 Å². The minimum atomic E-state index is -0.627. The Balaban J connectivity index is 2.07. The number of anilines is 1. The summed E-state index contributed by atoms with van der Waals surface area (Å²) in [7, 11) is 0. The topological polar surface area (TPSA) is 46.6 Å². The van der Waals surface area contributed by atoms with Crippen LogP contribution in [0.4, 0.5) is 10.5 Å². The number of hydrogen-bond donors (Lipinski definition) is 0. The Bertz CT molecular complexity index is 642. The Kier molecular flexibility index (Phi) is 3.59. The van der Waals surface area contributed by atoms with E-state index in [2.05, 4.69) is 15.9 Å². The number of benzene rings is 1. The molecule has 0 bridgehead atoms. The van der Waals surface area contributed by atoms with Crippen LogP contribution in [0, 0.1) is 0 Å². The first kappa shape index (κ1) is 15.5. The van der Waals surface area contributed by atoms with Gasteiger partial charge in [0.25, 0.3) is 0 Å². The van der Waals surface area contributed by atoms with Crippen LogP contribution in [-0.2, 0) is 14.9 Å². The van der Waals surface area contributed by atoms with Crippen molar-refractivity contribution >= 4 is 33.6 Å². The van der Waals surface area contributed by atoms with Crippen molar-refractivity contribution in [2.45, 2.75) is 57.5 Å². The summed E-state index contributed by atoms with van der Waals surface area (Å²) in [5.74, 6) is -0.132. The second kappa shape index (κ2) is 5.08. The Labute approximate surface area is 138 Å². The highest BCUT2D eigenvalue weighted by atomic mass is 79.9. The Morgan fingerprint density at radius 3 is 2.50 bits per heavy atom. The highest BCUT2D eigenvalue weighted by Gasteiger charge is 2.54. The summed E-state index contributed by atoms with van der Waals surface area (Å²) in [4.78, 5) is 26.8. The van der Waals surface area contributed by atoms with E-state index in [-0.39, 0.29) is 5.91 Å². The van der Waals surface area contributed by atoms with Crippen LogP contribution in [0.3, 0.4) is 0 Å². The maximum absolute atomic E-state index is 13.0. The molecule has 1 saturated carbocycles. The van der Waals surface area contributed by atoms with Crippen molar-refractivity contribution in [3.63, 3.8) is 0 Å². The second-order valence-electron chi connectivity index (χ2n) is 7.07. The lowest BCUT2D eigenvalue weighted by atomic mass is 9.80. The van der Waals surface area contributed by atoms with Gasteiger partial charge in [-0.1, -0.05) is 28.8 Å². The van der Waals surface area contributed by atoms with E-state index < -0.39 is 17.1 Å². The van der Waals surface area contributed by atoms with Gasteiger partial charge in [-0.05, 0) is 57.4 Å². The molecule has 0 N–H and O–H groups in total. The Morgan fingerprint density at radius 2 is 1.91 bits per heavy atom. The molecule has 1 aromatic carbocycles. The van der Waals surface area contributed by atoms with Crippen molar-refractivity contribution in [1.82, 2.24) is 0 Å². The van der Waals surface area contributed by atoms with Crippen LogP contribution in [0.25, 0.3) is 0 Å². The van der Waals surface area contributed by atoms with Gasteiger partial charge in [0.2, 0.25) is 5.91 Å². The molecule has 22 heavy (non-hydrogen) atoms. The minimum Gasteiger partial charge on any atom is -0.443 e. The first-order chi connectivity index (χ1) is 10.2. The summed E-state index contributed by atoms with van der Waals surface area (Å²) >= 11 is 3.48. The molecule has 1 fully saturated rings.